The molecule has 0 amide bonds. The summed E-state index contributed by atoms with van der Waals surface area (Å²) in [6.07, 6.45) is 3.56. The molecule has 82 valence electrons. The molecule has 2 aromatic rings. The fourth-order valence-corrected chi connectivity index (χ4v) is 1.86. The van der Waals surface area contributed by atoms with Gasteiger partial charge in [0, 0.05) is 16.9 Å². The summed E-state index contributed by atoms with van der Waals surface area (Å²) in [4.78, 5) is 4.08. The molecule has 2 nitrogen and oxygen atoms in total. The van der Waals surface area contributed by atoms with Gasteiger partial charge in [-0.15, -0.1) is 0 Å². The largest absolute Gasteiger partial charge is 0.320 e. The lowest BCUT2D eigenvalue weighted by Gasteiger charge is -2.13. The number of rotatable bonds is 2. The second-order valence-corrected chi connectivity index (χ2v) is 4.63. The normalized spacial score (nSPS) is 12.4. The fourth-order valence-electron chi connectivity index (χ4n) is 1.61. The van der Waals surface area contributed by atoms with Crippen molar-refractivity contribution < 1.29 is 0 Å². The zero-order valence-electron chi connectivity index (χ0n) is 9.02. The minimum absolute atomic E-state index is 0.111. The molecular weight excluding hydrogens is 264 g/mol. The minimum atomic E-state index is -0.111. The van der Waals surface area contributed by atoms with Crippen molar-refractivity contribution in [1.29, 1.82) is 0 Å². The van der Waals surface area contributed by atoms with Crippen molar-refractivity contribution in [3.8, 4) is 0 Å². The molecule has 0 radical (unpaired) electrons. The van der Waals surface area contributed by atoms with Gasteiger partial charge in [0.05, 0.1) is 6.04 Å². The Balaban J connectivity index is 2.34. The van der Waals surface area contributed by atoms with E-state index >= 15 is 0 Å². The van der Waals surface area contributed by atoms with Crippen molar-refractivity contribution in [1.82, 2.24) is 4.98 Å². The SMILES string of the molecule is Cc1cc(C(N)c2cccnc2)ccc1Br. The molecular formula is C13H13BrN2. The topological polar surface area (TPSA) is 38.9 Å². The van der Waals surface area contributed by atoms with Crippen molar-refractivity contribution in [2.75, 3.05) is 0 Å². The number of aryl methyl sites for hydroxylation is 1. The third-order valence-corrected chi connectivity index (χ3v) is 3.47. The van der Waals surface area contributed by atoms with Crippen molar-refractivity contribution in [3.05, 3.63) is 63.9 Å². The van der Waals surface area contributed by atoms with E-state index in [1.54, 1.807) is 6.20 Å². The number of hydrogen-bond donors (Lipinski definition) is 1. The predicted molar refractivity (Wildman–Crippen MR) is 69.1 cm³/mol. The summed E-state index contributed by atoms with van der Waals surface area (Å²) in [6.45, 7) is 2.06. The van der Waals surface area contributed by atoms with Crippen molar-refractivity contribution >= 4 is 15.9 Å². The van der Waals surface area contributed by atoms with E-state index in [1.807, 2.05) is 30.5 Å². The summed E-state index contributed by atoms with van der Waals surface area (Å²) in [5.41, 5.74) is 9.51. The number of hydrogen-bond acceptors (Lipinski definition) is 2. The third-order valence-electron chi connectivity index (χ3n) is 2.58. The molecule has 0 fully saturated rings. The van der Waals surface area contributed by atoms with Gasteiger partial charge in [0.1, 0.15) is 0 Å². The Morgan fingerprint density at radius 2 is 2.06 bits per heavy atom. The van der Waals surface area contributed by atoms with Gasteiger partial charge in [-0.1, -0.05) is 34.1 Å². The lowest BCUT2D eigenvalue weighted by Crippen LogP contribution is -2.12. The van der Waals surface area contributed by atoms with Crippen LogP contribution in [-0.2, 0) is 0 Å². The first-order chi connectivity index (χ1) is 7.68. The number of pyridine rings is 1. The Labute approximate surface area is 104 Å². The van der Waals surface area contributed by atoms with E-state index in [2.05, 4.69) is 33.9 Å². The number of benzene rings is 1. The summed E-state index contributed by atoms with van der Waals surface area (Å²) < 4.78 is 1.11. The maximum atomic E-state index is 6.18. The lowest BCUT2D eigenvalue weighted by atomic mass is 10.00. The highest BCUT2D eigenvalue weighted by Gasteiger charge is 2.09. The number of nitrogens with two attached hydrogens (primary N) is 1. The van der Waals surface area contributed by atoms with Gasteiger partial charge in [-0.2, -0.15) is 0 Å². The standard InChI is InChI=1S/C13H13BrN2/c1-9-7-10(4-5-12(9)14)13(15)11-3-2-6-16-8-11/h2-8,13H,15H2,1H3. The highest BCUT2D eigenvalue weighted by atomic mass is 79.9. The van der Waals surface area contributed by atoms with Gasteiger partial charge in [0.25, 0.3) is 0 Å². The van der Waals surface area contributed by atoms with Crippen molar-refractivity contribution in [2.24, 2.45) is 5.73 Å². The molecule has 1 aromatic carbocycles. The van der Waals surface area contributed by atoms with Crippen LogP contribution in [0.5, 0.6) is 0 Å². The number of nitrogens with zero attached hydrogens (tertiary/aromatic N) is 1. The van der Waals surface area contributed by atoms with Crippen LogP contribution in [0.3, 0.4) is 0 Å². The van der Waals surface area contributed by atoms with Crippen molar-refractivity contribution in [2.45, 2.75) is 13.0 Å². The quantitative estimate of drug-likeness (QED) is 0.915. The summed E-state index contributed by atoms with van der Waals surface area (Å²) in [5.74, 6) is 0. The summed E-state index contributed by atoms with van der Waals surface area (Å²) in [7, 11) is 0. The summed E-state index contributed by atoms with van der Waals surface area (Å²) in [5, 5.41) is 0. The highest BCUT2D eigenvalue weighted by Crippen LogP contribution is 2.23. The minimum Gasteiger partial charge on any atom is -0.320 e. The van der Waals surface area contributed by atoms with Crippen LogP contribution >= 0.6 is 15.9 Å². The molecule has 0 aliphatic carbocycles. The van der Waals surface area contributed by atoms with Gasteiger partial charge < -0.3 is 5.73 Å². The Bertz CT molecular complexity index is 483. The van der Waals surface area contributed by atoms with Crippen LogP contribution in [0.1, 0.15) is 22.7 Å². The summed E-state index contributed by atoms with van der Waals surface area (Å²) >= 11 is 3.48. The van der Waals surface area contributed by atoms with Crippen LogP contribution in [0.4, 0.5) is 0 Å². The van der Waals surface area contributed by atoms with Gasteiger partial charge in [0.2, 0.25) is 0 Å². The second kappa shape index (κ2) is 4.76. The molecule has 2 rings (SSSR count). The smallest absolute Gasteiger partial charge is 0.0567 e. The second-order valence-electron chi connectivity index (χ2n) is 3.77. The zero-order valence-corrected chi connectivity index (χ0v) is 10.6. The van der Waals surface area contributed by atoms with E-state index in [0.29, 0.717) is 0 Å². The molecule has 1 unspecified atom stereocenters. The molecule has 0 saturated heterocycles. The van der Waals surface area contributed by atoms with Crippen LogP contribution < -0.4 is 5.73 Å². The molecule has 1 aromatic heterocycles. The van der Waals surface area contributed by atoms with E-state index in [9.17, 15) is 0 Å². The molecule has 0 spiro atoms. The van der Waals surface area contributed by atoms with Gasteiger partial charge in [0.15, 0.2) is 0 Å². The average molecular weight is 277 g/mol. The molecule has 0 aliphatic heterocycles. The van der Waals surface area contributed by atoms with E-state index in [-0.39, 0.29) is 6.04 Å². The molecule has 16 heavy (non-hydrogen) atoms. The molecule has 3 heteroatoms. The van der Waals surface area contributed by atoms with Gasteiger partial charge in [-0.25, -0.2) is 0 Å². The Hall–Kier alpha value is -1.19. The number of aromatic nitrogens is 1. The Morgan fingerprint density at radius 3 is 2.69 bits per heavy atom. The lowest BCUT2D eigenvalue weighted by molar-refractivity contribution is 0.861. The van der Waals surface area contributed by atoms with Gasteiger partial charge in [-0.05, 0) is 35.7 Å². The first kappa shape index (κ1) is 11.3. The third kappa shape index (κ3) is 2.31. The Morgan fingerprint density at radius 1 is 1.25 bits per heavy atom. The Kier molecular flexibility index (Phi) is 3.36. The van der Waals surface area contributed by atoms with Crippen LogP contribution in [-0.4, -0.2) is 4.98 Å². The van der Waals surface area contributed by atoms with E-state index in [4.69, 9.17) is 5.73 Å². The van der Waals surface area contributed by atoms with E-state index in [0.717, 1.165) is 15.6 Å². The van der Waals surface area contributed by atoms with Crippen LogP contribution in [0, 0.1) is 6.92 Å². The van der Waals surface area contributed by atoms with E-state index in [1.165, 1.54) is 5.56 Å². The van der Waals surface area contributed by atoms with Crippen LogP contribution in [0.25, 0.3) is 0 Å². The van der Waals surface area contributed by atoms with Crippen molar-refractivity contribution in [3.63, 3.8) is 0 Å². The monoisotopic (exact) mass is 276 g/mol. The maximum Gasteiger partial charge on any atom is 0.0567 e. The molecule has 2 N–H and O–H groups in total. The van der Waals surface area contributed by atoms with Crippen LogP contribution in [0.2, 0.25) is 0 Å². The first-order valence-electron chi connectivity index (χ1n) is 5.10. The number of halogens is 1. The molecule has 1 atom stereocenters. The fraction of sp³-hybridized carbons (Fsp3) is 0.154. The maximum absolute atomic E-state index is 6.18. The first-order valence-corrected chi connectivity index (χ1v) is 5.89. The molecule has 1 heterocycles. The molecule has 0 aliphatic rings. The highest BCUT2D eigenvalue weighted by molar-refractivity contribution is 9.10. The molecule has 0 saturated carbocycles. The summed E-state index contributed by atoms with van der Waals surface area (Å²) in [6, 6.07) is 9.95. The van der Waals surface area contributed by atoms with Gasteiger partial charge in [-0.3, -0.25) is 4.98 Å². The van der Waals surface area contributed by atoms with Gasteiger partial charge >= 0.3 is 0 Å². The van der Waals surface area contributed by atoms with E-state index < -0.39 is 0 Å². The average Bonchev–Trinajstić information content (AvgIpc) is 2.33. The molecule has 0 bridgehead atoms. The zero-order chi connectivity index (χ0) is 11.5. The van der Waals surface area contributed by atoms with Crippen LogP contribution in [0.15, 0.2) is 47.2 Å². The predicted octanol–water partition coefficient (Wildman–Crippen LogP) is 3.20.